The molecule has 1 aliphatic heterocycles. The van der Waals surface area contributed by atoms with Crippen LogP contribution >= 0.6 is 0 Å². The molecule has 21 heavy (non-hydrogen) atoms. The summed E-state index contributed by atoms with van der Waals surface area (Å²) in [5, 5.41) is 3.72. The number of pyridine rings is 1. The molecule has 1 aromatic heterocycles. The number of nitrogens with zero attached hydrogens (tertiary/aromatic N) is 2. The third kappa shape index (κ3) is 3.74. The van der Waals surface area contributed by atoms with Crippen molar-refractivity contribution in [2.45, 2.75) is 58.0 Å². The summed E-state index contributed by atoms with van der Waals surface area (Å²) in [6.07, 6.45) is 6.63. The molecular formula is C17H30N4. The number of rotatable bonds is 7. The number of hydrogen-bond donors (Lipinski definition) is 2. The third-order valence-electron chi connectivity index (χ3n) is 5.03. The summed E-state index contributed by atoms with van der Waals surface area (Å²) < 4.78 is 0. The Labute approximate surface area is 129 Å². The van der Waals surface area contributed by atoms with Crippen LogP contribution in [-0.2, 0) is 6.42 Å². The van der Waals surface area contributed by atoms with Crippen molar-refractivity contribution in [1.82, 2.24) is 15.2 Å². The largest absolute Gasteiger partial charge is 0.384 e. The predicted octanol–water partition coefficient (Wildman–Crippen LogP) is 2.45. The molecule has 0 bridgehead atoms. The molecule has 3 N–H and O–H groups in total. The molecule has 0 aromatic carbocycles. The first-order chi connectivity index (χ1) is 10.1. The summed E-state index contributed by atoms with van der Waals surface area (Å²) in [4.78, 5) is 6.77. The average molecular weight is 290 g/mol. The number of hydrogen-bond acceptors (Lipinski definition) is 4. The minimum Gasteiger partial charge on any atom is -0.384 e. The van der Waals surface area contributed by atoms with E-state index in [1.165, 1.54) is 31.5 Å². The quantitative estimate of drug-likeness (QED) is 0.810. The molecule has 1 fully saturated rings. The Balaban J connectivity index is 2.19. The first-order valence-electron chi connectivity index (χ1n) is 8.29. The Morgan fingerprint density at radius 1 is 1.38 bits per heavy atom. The normalized spacial score (nSPS) is 20.3. The van der Waals surface area contributed by atoms with Crippen molar-refractivity contribution < 1.29 is 0 Å². The molecule has 4 heteroatoms. The van der Waals surface area contributed by atoms with Gasteiger partial charge in [-0.3, -0.25) is 4.90 Å². The van der Waals surface area contributed by atoms with E-state index in [4.69, 9.17) is 5.73 Å². The number of nitrogens with two attached hydrogens (primary N) is 1. The van der Waals surface area contributed by atoms with E-state index in [1.807, 2.05) is 12.3 Å². The summed E-state index contributed by atoms with van der Waals surface area (Å²) in [6.45, 7) is 10.4. The summed E-state index contributed by atoms with van der Waals surface area (Å²) in [5.41, 5.74) is 7.30. The number of nitrogen functional groups attached to an aromatic ring is 1. The van der Waals surface area contributed by atoms with Gasteiger partial charge in [-0.1, -0.05) is 13.8 Å². The van der Waals surface area contributed by atoms with Crippen molar-refractivity contribution in [3.63, 3.8) is 0 Å². The molecule has 4 nitrogen and oxygen atoms in total. The average Bonchev–Trinajstić information content (AvgIpc) is 3.01. The van der Waals surface area contributed by atoms with Gasteiger partial charge in [0.25, 0.3) is 0 Å². The van der Waals surface area contributed by atoms with Crippen LogP contribution in [-0.4, -0.2) is 41.1 Å². The second kappa shape index (κ2) is 7.23. The van der Waals surface area contributed by atoms with Gasteiger partial charge in [0.1, 0.15) is 5.82 Å². The molecule has 2 atom stereocenters. The Morgan fingerprint density at radius 2 is 2.10 bits per heavy atom. The van der Waals surface area contributed by atoms with Gasteiger partial charge in [0.2, 0.25) is 0 Å². The van der Waals surface area contributed by atoms with Gasteiger partial charge in [0, 0.05) is 17.8 Å². The molecule has 0 spiro atoms. The molecule has 118 valence electrons. The van der Waals surface area contributed by atoms with Crippen LogP contribution in [0.15, 0.2) is 18.3 Å². The maximum Gasteiger partial charge on any atom is 0.123 e. The van der Waals surface area contributed by atoms with Gasteiger partial charge in [-0.25, -0.2) is 4.98 Å². The van der Waals surface area contributed by atoms with E-state index in [0.717, 1.165) is 19.4 Å². The van der Waals surface area contributed by atoms with Crippen molar-refractivity contribution in [3.05, 3.63) is 23.9 Å². The highest BCUT2D eigenvalue weighted by Gasteiger charge is 2.38. The molecule has 0 saturated carbocycles. The molecule has 1 saturated heterocycles. The number of anilines is 1. The Hall–Kier alpha value is -1.13. The molecular weight excluding hydrogens is 260 g/mol. The zero-order valence-corrected chi connectivity index (χ0v) is 13.7. The van der Waals surface area contributed by atoms with Crippen molar-refractivity contribution in [2.24, 2.45) is 0 Å². The maximum absolute atomic E-state index is 5.83. The van der Waals surface area contributed by atoms with E-state index in [2.05, 4.69) is 42.0 Å². The van der Waals surface area contributed by atoms with Crippen molar-refractivity contribution in [3.8, 4) is 0 Å². The van der Waals surface area contributed by atoms with E-state index in [0.29, 0.717) is 11.9 Å². The van der Waals surface area contributed by atoms with Gasteiger partial charge in [0.15, 0.2) is 0 Å². The van der Waals surface area contributed by atoms with Gasteiger partial charge in [-0.2, -0.15) is 0 Å². The van der Waals surface area contributed by atoms with Crippen LogP contribution in [0, 0.1) is 0 Å². The van der Waals surface area contributed by atoms with Crippen LogP contribution in [0.2, 0.25) is 0 Å². The first-order valence-corrected chi connectivity index (χ1v) is 8.29. The second-order valence-corrected chi connectivity index (χ2v) is 6.31. The van der Waals surface area contributed by atoms with Gasteiger partial charge >= 0.3 is 0 Å². The van der Waals surface area contributed by atoms with Crippen LogP contribution in [0.1, 0.15) is 45.6 Å². The summed E-state index contributed by atoms with van der Waals surface area (Å²) in [5.74, 6) is 0.613. The maximum atomic E-state index is 5.83. The van der Waals surface area contributed by atoms with Gasteiger partial charge in [0.05, 0.1) is 0 Å². The van der Waals surface area contributed by atoms with Crippen LogP contribution in [0.5, 0.6) is 0 Å². The van der Waals surface area contributed by atoms with Crippen molar-refractivity contribution in [2.75, 3.05) is 25.4 Å². The summed E-state index contributed by atoms with van der Waals surface area (Å²) in [7, 11) is 0. The number of aromatic nitrogens is 1. The minimum absolute atomic E-state index is 0.199. The number of likely N-dealkylation sites (N-methyl/N-ethyl adjacent to an activating group) is 1. The lowest BCUT2D eigenvalue weighted by Gasteiger charge is -2.45. The topological polar surface area (TPSA) is 54.2 Å². The lowest BCUT2D eigenvalue weighted by molar-refractivity contribution is 0.0847. The monoisotopic (exact) mass is 290 g/mol. The predicted molar refractivity (Wildman–Crippen MR) is 89.3 cm³/mol. The van der Waals surface area contributed by atoms with Gasteiger partial charge in [-0.05, 0) is 69.9 Å². The molecule has 2 rings (SSSR count). The van der Waals surface area contributed by atoms with Crippen LogP contribution in [0.25, 0.3) is 0 Å². The number of nitrogens with one attached hydrogen (secondary N) is 1. The fourth-order valence-corrected chi connectivity index (χ4v) is 3.53. The molecule has 1 aliphatic rings. The SMILES string of the molecule is CCNC(Cc1ccnc(N)c1)C(C)(CC)N1CCCC1. The summed E-state index contributed by atoms with van der Waals surface area (Å²) >= 11 is 0. The minimum atomic E-state index is 0.199. The zero-order valence-electron chi connectivity index (χ0n) is 13.7. The zero-order chi connectivity index (χ0) is 15.3. The third-order valence-corrected chi connectivity index (χ3v) is 5.03. The van der Waals surface area contributed by atoms with Gasteiger partial charge in [-0.15, -0.1) is 0 Å². The Bertz CT molecular complexity index is 442. The van der Waals surface area contributed by atoms with E-state index >= 15 is 0 Å². The van der Waals surface area contributed by atoms with Crippen molar-refractivity contribution >= 4 is 5.82 Å². The smallest absolute Gasteiger partial charge is 0.123 e. The molecule has 0 amide bonds. The number of likely N-dealkylation sites (tertiary alicyclic amines) is 1. The molecule has 1 aromatic rings. The molecule has 0 aliphatic carbocycles. The van der Waals surface area contributed by atoms with E-state index < -0.39 is 0 Å². The van der Waals surface area contributed by atoms with Crippen LogP contribution in [0.4, 0.5) is 5.82 Å². The lowest BCUT2D eigenvalue weighted by Crippen LogP contribution is -2.59. The highest BCUT2D eigenvalue weighted by atomic mass is 15.2. The molecule has 0 radical (unpaired) electrons. The van der Waals surface area contributed by atoms with Crippen LogP contribution in [0.3, 0.4) is 0 Å². The fraction of sp³-hybridized carbons (Fsp3) is 0.706. The standard InChI is InChI=1S/C17H30N4/c1-4-17(3,21-10-6-7-11-21)15(19-5-2)12-14-8-9-20-16(18)13-14/h8-9,13,15,19H,4-7,10-12H2,1-3H3,(H2,18,20). The van der Waals surface area contributed by atoms with Crippen molar-refractivity contribution in [1.29, 1.82) is 0 Å². The van der Waals surface area contributed by atoms with Crippen LogP contribution < -0.4 is 11.1 Å². The fourth-order valence-electron chi connectivity index (χ4n) is 3.53. The van der Waals surface area contributed by atoms with E-state index in [-0.39, 0.29) is 5.54 Å². The molecule has 2 heterocycles. The second-order valence-electron chi connectivity index (χ2n) is 6.31. The highest BCUT2D eigenvalue weighted by molar-refractivity contribution is 5.32. The molecule has 2 unspecified atom stereocenters. The highest BCUT2D eigenvalue weighted by Crippen LogP contribution is 2.29. The van der Waals surface area contributed by atoms with E-state index in [1.54, 1.807) is 0 Å². The Kier molecular flexibility index (Phi) is 5.59. The first kappa shape index (κ1) is 16.2. The van der Waals surface area contributed by atoms with Gasteiger partial charge < -0.3 is 11.1 Å². The Morgan fingerprint density at radius 3 is 2.67 bits per heavy atom. The lowest BCUT2D eigenvalue weighted by atomic mass is 9.83. The van der Waals surface area contributed by atoms with E-state index in [9.17, 15) is 0 Å². The summed E-state index contributed by atoms with van der Waals surface area (Å²) in [6, 6.07) is 4.53.